The maximum Gasteiger partial charge on any atom is 0.356 e. The molecule has 3 aromatic heterocycles. The molecule has 3 aromatic rings. The van der Waals surface area contributed by atoms with E-state index in [1.807, 2.05) is 19.9 Å². The number of carboxylic acid groups (broad SMARTS) is 1. The van der Waals surface area contributed by atoms with Crippen LogP contribution in [0.4, 0.5) is 11.5 Å². The van der Waals surface area contributed by atoms with E-state index in [1.165, 1.54) is 12.5 Å². The van der Waals surface area contributed by atoms with Gasteiger partial charge in [-0.25, -0.2) is 14.8 Å². The molecule has 1 saturated carbocycles. The zero-order valence-corrected chi connectivity index (χ0v) is 20.5. The lowest BCUT2D eigenvalue weighted by atomic mass is 10.1. The van der Waals surface area contributed by atoms with Crippen molar-refractivity contribution in [1.29, 1.82) is 0 Å². The van der Waals surface area contributed by atoms with Crippen molar-refractivity contribution in [2.75, 3.05) is 23.3 Å². The number of piperidine rings is 1. The summed E-state index contributed by atoms with van der Waals surface area (Å²) in [4.78, 5) is 36.0. The number of aromatic nitrogens is 3. The monoisotopic (exact) mass is 531 g/mol. The first-order chi connectivity index (χ1) is 15.7. The van der Waals surface area contributed by atoms with Gasteiger partial charge in [-0.3, -0.25) is 9.20 Å². The first-order valence-corrected chi connectivity index (χ1v) is 12.0. The molecular formula is C23H23BrClN5O3. The topological polar surface area (TPSA) is 99.8 Å². The molecule has 0 bridgehead atoms. The van der Waals surface area contributed by atoms with Crippen molar-refractivity contribution in [3.63, 3.8) is 0 Å². The number of carbonyl (C=O) groups is 1. The minimum Gasteiger partial charge on any atom is -0.476 e. The smallest absolute Gasteiger partial charge is 0.356 e. The molecule has 0 radical (unpaired) electrons. The lowest BCUT2D eigenvalue weighted by Crippen LogP contribution is -2.34. The predicted molar refractivity (Wildman–Crippen MR) is 131 cm³/mol. The van der Waals surface area contributed by atoms with Crippen LogP contribution in [0.2, 0.25) is 5.15 Å². The van der Waals surface area contributed by atoms with E-state index in [4.69, 9.17) is 16.6 Å². The summed E-state index contributed by atoms with van der Waals surface area (Å²) < 4.78 is 2.02. The van der Waals surface area contributed by atoms with Gasteiger partial charge in [-0.1, -0.05) is 11.6 Å². The highest BCUT2D eigenvalue weighted by molar-refractivity contribution is 9.10. The van der Waals surface area contributed by atoms with Gasteiger partial charge in [-0.2, -0.15) is 0 Å². The van der Waals surface area contributed by atoms with Crippen LogP contribution in [0.5, 0.6) is 0 Å². The van der Waals surface area contributed by atoms with Crippen LogP contribution in [0.3, 0.4) is 0 Å². The van der Waals surface area contributed by atoms with Crippen LogP contribution in [0, 0.1) is 18.8 Å². The Kier molecular flexibility index (Phi) is 5.56. The van der Waals surface area contributed by atoms with Crippen LogP contribution < -0.4 is 15.8 Å². The number of carboxylic acids is 1. The Bertz CT molecular complexity index is 1340. The van der Waals surface area contributed by atoms with Gasteiger partial charge in [0, 0.05) is 24.8 Å². The van der Waals surface area contributed by atoms with E-state index in [2.05, 4.69) is 31.1 Å². The third-order valence-corrected chi connectivity index (χ3v) is 7.42. The van der Waals surface area contributed by atoms with Gasteiger partial charge in [0.05, 0.1) is 11.7 Å². The van der Waals surface area contributed by atoms with Crippen LogP contribution in [0.1, 0.15) is 47.4 Å². The van der Waals surface area contributed by atoms with Crippen molar-refractivity contribution < 1.29 is 9.90 Å². The first kappa shape index (κ1) is 22.2. The molecule has 5 rings (SSSR count). The van der Waals surface area contributed by atoms with Crippen LogP contribution in [-0.2, 0) is 0 Å². The minimum atomic E-state index is -1.18. The summed E-state index contributed by atoms with van der Waals surface area (Å²) in [6.07, 6.45) is 4.15. The third-order valence-electron chi connectivity index (χ3n) is 6.51. The molecule has 0 amide bonds. The van der Waals surface area contributed by atoms with Gasteiger partial charge in [0.15, 0.2) is 11.5 Å². The lowest BCUT2D eigenvalue weighted by molar-refractivity contribution is 0.0691. The molecule has 172 valence electrons. The molecule has 10 heteroatoms. The highest BCUT2D eigenvalue weighted by Gasteiger charge is 2.42. The van der Waals surface area contributed by atoms with Gasteiger partial charge in [0.1, 0.15) is 15.3 Å². The number of aryl methyl sites for hydroxylation is 1. The molecule has 33 heavy (non-hydrogen) atoms. The van der Waals surface area contributed by atoms with Crippen molar-refractivity contribution in [1.82, 2.24) is 14.4 Å². The summed E-state index contributed by atoms with van der Waals surface area (Å²) >= 11 is 9.39. The fraction of sp³-hybridized carbons (Fsp3) is 0.391. The Morgan fingerprint density at radius 2 is 2.12 bits per heavy atom. The van der Waals surface area contributed by atoms with Crippen LogP contribution >= 0.6 is 27.5 Å². The second-order valence-electron chi connectivity index (χ2n) is 8.91. The largest absolute Gasteiger partial charge is 0.476 e. The fourth-order valence-electron chi connectivity index (χ4n) is 4.70. The fourth-order valence-corrected chi connectivity index (χ4v) is 5.38. The molecule has 1 aliphatic heterocycles. The van der Waals surface area contributed by atoms with Crippen molar-refractivity contribution >= 4 is 50.7 Å². The van der Waals surface area contributed by atoms with Crippen molar-refractivity contribution in [3.8, 4) is 0 Å². The van der Waals surface area contributed by atoms with Crippen molar-refractivity contribution in [2.45, 2.75) is 32.7 Å². The molecule has 2 unspecified atom stereocenters. The zero-order chi connectivity index (χ0) is 23.4. The number of hydrogen-bond acceptors (Lipinski definition) is 6. The highest BCUT2D eigenvalue weighted by atomic mass is 79.9. The molecule has 8 nitrogen and oxygen atoms in total. The number of pyridine rings is 2. The van der Waals surface area contributed by atoms with Gasteiger partial charge < -0.3 is 15.3 Å². The maximum atomic E-state index is 13.3. The maximum absolute atomic E-state index is 13.3. The number of halogens is 2. The number of anilines is 2. The highest BCUT2D eigenvalue weighted by Crippen LogP contribution is 2.46. The second-order valence-corrected chi connectivity index (χ2v) is 10.1. The molecule has 2 N–H and O–H groups in total. The van der Waals surface area contributed by atoms with Crippen LogP contribution in [0.25, 0.3) is 5.65 Å². The average Bonchev–Trinajstić information content (AvgIpc) is 3.56. The number of rotatable bonds is 5. The molecule has 4 heterocycles. The van der Waals surface area contributed by atoms with Crippen molar-refractivity contribution in [2.24, 2.45) is 11.8 Å². The number of hydrogen-bond donors (Lipinski definition) is 2. The molecule has 0 aromatic carbocycles. The van der Waals surface area contributed by atoms with Crippen LogP contribution in [0.15, 0.2) is 33.7 Å². The Morgan fingerprint density at radius 1 is 1.33 bits per heavy atom. The Labute approximate surface area is 203 Å². The van der Waals surface area contributed by atoms with Gasteiger partial charge in [-0.05, 0) is 78.2 Å². The van der Waals surface area contributed by atoms with Crippen LogP contribution in [-0.4, -0.2) is 38.5 Å². The summed E-state index contributed by atoms with van der Waals surface area (Å²) in [5.41, 5.74) is 2.24. The number of fused-ring (bicyclic) bond motifs is 2. The van der Waals surface area contributed by atoms with Gasteiger partial charge in [-0.15, -0.1) is 0 Å². The SMILES string of the molecule is Cc1cc([C@@H](C)Nc2ccc(Cl)nc2C(=O)O)c2nc(N3CCC4CC4C3)c(Br)c(=O)n2c1. The number of nitrogens with zero attached hydrogens (tertiary/aromatic N) is 4. The normalized spacial score (nSPS) is 20.4. The third kappa shape index (κ3) is 4.08. The Balaban J connectivity index is 1.59. The summed E-state index contributed by atoms with van der Waals surface area (Å²) in [6.45, 7) is 5.61. The minimum absolute atomic E-state index is 0.105. The average molecular weight is 533 g/mol. The summed E-state index contributed by atoms with van der Waals surface area (Å²) in [6, 6.07) is 4.75. The molecule has 2 fully saturated rings. The van der Waals surface area contributed by atoms with E-state index in [-0.39, 0.29) is 22.4 Å². The van der Waals surface area contributed by atoms with E-state index in [0.29, 0.717) is 27.5 Å². The molecule has 2 aliphatic rings. The first-order valence-electron chi connectivity index (χ1n) is 10.9. The van der Waals surface area contributed by atoms with Gasteiger partial charge >= 0.3 is 5.97 Å². The van der Waals surface area contributed by atoms with E-state index in [1.54, 1.807) is 16.7 Å². The van der Waals surface area contributed by atoms with Crippen molar-refractivity contribution in [3.05, 3.63) is 61.2 Å². The molecule has 1 saturated heterocycles. The van der Waals surface area contributed by atoms with E-state index in [9.17, 15) is 14.7 Å². The Morgan fingerprint density at radius 3 is 2.85 bits per heavy atom. The van der Waals surface area contributed by atoms with E-state index >= 15 is 0 Å². The summed E-state index contributed by atoms with van der Waals surface area (Å²) in [5.74, 6) is 1.00. The number of nitrogens with one attached hydrogen (secondary N) is 1. The van der Waals surface area contributed by atoms with E-state index in [0.717, 1.165) is 36.6 Å². The van der Waals surface area contributed by atoms with Gasteiger partial charge in [0.25, 0.3) is 5.56 Å². The lowest BCUT2D eigenvalue weighted by Gasteiger charge is -2.29. The summed E-state index contributed by atoms with van der Waals surface area (Å²) in [7, 11) is 0. The quantitative estimate of drug-likeness (QED) is 0.466. The van der Waals surface area contributed by atoms with Gasteiger partial charge in [0.2, 0.25) is 0 Å². The van der Waals surface area contributed by atoms with E-state index < -0.39 is 5.97 Å². The second kappa shape index (κ2) is 8.29. The number of aromatic carboxylic acids is 1. The predicted octanol–water partition coefficient (Wildman–Crippen LogP) is 4.53. The molecule has 3 atom stereocenters. The molecular weight excluding hydrogens is 510 g/mol. The molecule has 1 aliphatic carbocycles. The Hall–Kier alpha value is -2.65. The zero-order valence-electron chi connectivity index (χ0n) is 18.2. The standard InChI is InChI=1S/C23H23BrClN5O3/c1-11-7-15(12(2)26-16-3-4-17(25)27-19(16)23(32)33)20-28-21(18(24)22(31)30(20)9-11)29-6-5-13-8-14(13)10-29/h3-4,7,9,12-14,26H,5-6,8,10H2,1-2H3,(H,32,33)/t12-,13?,14?/m1/s1. The summed E-state index contributed by atoms with van der Waals surface area (Å²) in [5, 5.41) is 12.9. The molecule has 0 spiro atoms.